The van der Waals surface area contributed by atoms with Gasteiger partial charge in [0.15, 0.2) is 11.5 Å². The average molecular weight is 403 g/mol. The first-order valence-corrected chi connectivity index (χ1v) is 9.13. The van der Waals surface area contributed by atoms with Gasteiger partial charge in [-0.3, -0.25) is 9.78 Å². The summed E-state index contributed by atoms with van der Waals surface area (Å²) in [6.45, 7) is 0.107. The number of amides is 1. The van der Waals surface area contributed by atoms with Gasteiger partial charge in [-0.15, -0.1) is 0 Å². The molecule has 0 radical (unpaired) electrons. The number of nitrogens with one attached hydrogen (secondary N) is 1. The van der Waals surface area contributed by atoms with Crippen LogP contribution in [0.4, 0.5) is 0 Å². The van der Waals surface area contributed by atoms with Crippen molar-refractivity contribution in [2.45, 2.75) is 6.10 Å². The van der Waals surface area contributed by atoms with Gasteiger partial charge in [0, 0.05) is 12.4 Å². The number of ether oxygens (including phenoxy) is 3. The van der Waals surface area contributed by atoms with Gasteiger partial charge < -0.3 is 14.2 Å². The van der Waals surface area contributed by atoms with Crippen molar-refractivity contribution >= 4 is 18.1 Å². The molecule has 2 heterocycles. The van der Waals surface area contributed by atoms with Crippen LogP contribution in [-0.4, -0.2) is 35.8 Å². The summed E-state index contributed by atoms with van der Waals surface area (Å²) in [6.07, 6.45) is 3.70. The Kier molecular flexibility index (Phi) is 5.66. The molecule has 150 valence electrons. The van der Waals surface area contributed by atoms with Gasteiger partial charge in [0.05, 0.1) is 11.8 Å². The molecule has 0 fully saturated rings. The number of carbonyl (C=O) groups is 2. The molecule has 1 aliphatic heterocycles. The van der Waals surface area contributed by atoms with E-state index in [0.717, 1.165) is 0 Å². The van der Waals surface area contributed by atoms with E-state index in [1.54, 1.807) is 60.8 Å². The van der Waals surface area contributed by atoms with E-state index in [0.29, 0.717) is 28.4 Å². The minimum Gasteiger partial charge on any atom is -0.485 e. The molecule has 8 heteroatoms. The van der Waals surface area contributed by atoms with Crippen molar-refractivity contribution < 1.29 is 23.8 Å². The summed E-state index contributed by atoms with van der Waals surface area (Å²) in [4.78, 5) is 28.1. The highest BCUT2D eigenvalue weighted by molar-refractivity contribution is 5.90. The fourth-order valence-corrected chi connectivity index (χ4v) is 2.66. The van der Waals surface area contributed by atoms with Crippen LogP contribution < -0.4 is 19.6 Å². The summed E-state index contributed by atoms with van der Waals surface area (Å²) in [5.74, 6) is 0.603. The van der Waals surface area contributed by atoms with Crippen LogP contribution in [0.15, 0.2) is 78.2 Å². The van der Waals surface area contributed by atoms with Crippen molar-refractivity contribution in [2.75, 3.05) is 6.61 Å². The van der Waals surface area contributed by atoms with E-state index in [9.17, 15) is 9.59 Å². The maximum atomic E-state index is 12.2. The lowest BCUT2D eigenvalue weighted by Crippen LogP contribution is -2.42. The van der Waals surface area contributed by atoms with Crippen LogP contribution in [0.25, 0.3) is 0 Å². The number of hydrogen-bond acceptors (Lipinski definition) is 7. The summed E-state index contributed by atoms with van der Waals surface area (Å²) in [7, 11) is 0. The topological polar surface area (TPSA) is 99.1 Å². The molecule has 0 saturated carbocycles. The number of nitrogens with zero attached hydrogens (tertiary/aromatic N) is 2. The Morgan fingerprint density at radius 3 is 2.63 bits per heavy atom. The van der Waals surface area contributed by atoms with E-state index >= 15 is 0 Å². The Hall–Kier alpha value is -4.20. The smallest absolute Gasteiger partial charge is 0.345 e. The summed E-state index contributed by atoms with van der Waals surface area (Å²) in [5.41, 5.74) is 3.51. The van der Waals surface area contributed by atoms with E-state index < -0.39 is 18.0 Å². The normalized spacial score (nSPS) is 14.9. The first kappa shape index (κ1) is 19.1. The Labute approximate surface area is 172 Å². The predicted octanol–water partition coefficient (Wildman–Crippen LogP) is 2.59. The standard InChI is InChI=1S/C22H17N3O5/c26-21(20-14-28-18-5-1-2-6-19(18)30-20)25-24-12-15-7-9-17(10-8-15)29-22(27)16-4-3-11-23-13-16/h1-13,20H,14H2,(H,25,26)/b24-12-. The summed E-state index contributed by atoms with van der Waals surface area (Å²) in [5, 5.41) is 3.93. The molecule has 0 bridgehead atoms. The van der Waals surface area contributed by atoms with E-state index in [4.69, 9.17) is 14.2 Å². The summed E-state index contributed by atoms with van der Waals surface area (Å²) >= 11 is 0. The number of hydrazone groups is 1. The molecule has 0 aliphatic carbocycles. The Bertz CT molecular complexity index is 1070. The molecular weight excluding hydrogens is 386 g/mol. The molecule has 1 amide bonds. The van der Waals surface area contributed by atoms with Crippen molar-refractivity contribution in [1.82, 2.24) is 10.4 Å². The van der Waals surface area contributed by atoms with Gasteiger partial charge in [0.2, 0.25) is 6.10 Å². The number of carbonyl (C=O) groups excluding carboxylic acids is 2. The van der Waals surface area contributed by atoms with Gasteiger partial charge in [-0.2, -0.15) is 5.10 Å². The quantitative estimate of drug-likeness (QED) is 0.304. The average Bonchev–Trinajstić information content (AvgIpc) is 2.80. The number of hydrogen-bond donors (Lipinski definition) is 1. The van der Waals surface area contributed by atoms with Gasteiger partial charge in [-0.05, 0) is 54.1 Å². The van der Waals surface area contributed by atoms with Crippen molar-refractivity contribution in [2.24, 2.45) is 5.10 Å². The number of pyridine rings is 1. The number of esters is 1. The molecule has 1 atom stereocenters. The molecular formula is C22H17N3O5. The van der Waals surface area contributed by atoms with Crippen molar-refractivity contribution in [1.29, 1.82) is 0 Å². The number of para-hydroxylation sites is 2. The molecule has 1 aliphatic rings. The van der Waals surface area contributed by atoms with Gasteiger partial charge in [-0.1, -0.05) is 12.1 Å². The summed E-state index contributed by atoms with van der Waals surface area (Å²) in [6, 6.07) is 17.1. The molecule has 1 N–H and O–H groups in total. The maximum Gasteiger partial charge on any atom is 0.345 e. The highest BCUT2D eigenvalue weighted by Gasteiger charge is 2.26. The van der Waals surface area contributed by atoms with Crippen LogP contribution in [0.1, 0.15) is 15.9 Å². The zero-order valence-electron chi connectivity index (χ0n) is 15.7. The highest BCUT2D eigenvalue weighted by Crippen LogP contribution is 2.30. The fourth-order valence-electron chi connectivity index (χ4n) is 2.66. The number of rotatable bonds is 5. The zero-order valence-corrected chi connectivity index (χ0v) is 15.7. The Morgan fingerprint density at radius 1 is 1.07 bits per heavy atom. The predicted molar refractivity (Wildman–Crippen MR) is 108 cm³/mol. The molecule has 3 aromatic rings. The first-order chi connectivity index (χ1) is 14.7. The lowest BCUT2D eigenvalue weighted by molar-refractivity contribution is -0.130. The van der Waals surface area contributed by atoms with E-state index in [1.807, 2.05) is 6.07 Å². The van der Waals surface area contributed by atoms with Crippen LogP contribution in [-0.2, 0) is 4.79 Å². The van der Waals surface area contributed by atoms with Gasteiger partial charge in [-0.25, -0.2) is 10.2 Å². The monoisotopic (exact) mass is 403 g/mol. The SMILES string of the molecule is O=C(Oc1ccc(/C=N\NC(=O)C2COc3ccccc3O2)cc1)c1cccnc1. The van der Waals surface area contributed by atoms with Crippen molar-refractivity contribution in [3.8, 4) is 17.2 Å². The third-order valence-corrected chi connectivity index (χ3v) is 4.18. The first-order valence-electron chi connectivity index (χ1n) is 9.13. The Morgan fingerprint density at radius 2 is 1.87 bits per heavy atom. The number of aromatic nitrogens is 1. The lowest BCUT2D eigenvalue weighted by atomic mass is 10.2. The fraction of sp³-hybridized carbons (Fsp3) is 0.0909. The van der Waals surface area contributed by atoms with Gasteiger partial charge >= 0.3 is 5.97 Å². The minimum atomic E-state index is -0.786. The number of benzene rings is 2. The lowest BCUT2D eigenvalue weighted by Gasteiger charge is -2.24. The van der Waals surface area contributed by atoms with Crippen molar-refractivity contribution in [3.63, 3.8) is 0 Å². The second-order valence-electron chi connectivity index (χ2n) is 6.30. The third kappa shape index (κ3) is 4.61. The van der Waals surface area contributed by atoms with Gasteiger partial charge in [0.25, 0.3) is 5.91 Å². The van der Waals surface area contributed by atoms with Crippen molar-refractivity contribution in [3.05, 3.63) is 84.2 Å². The molecule has 8 nitrogen and oxygen atoms in total. The molecule has 0 saturated heterocycles. The van der Waals surface area contributed by atoms with Crippen LogP contribution in [0, 0.1) is 0 Å². The number of fused-ring (bicyclic) bond motifs is 1. The second-order valence-corrected chi connectivity index (χ2v) is 6.30. The molecule has 2 aromatic carbocycles. The molecule has 30 heavy (non-hydrogen) atoms. The highest BCUT2D eigenvalue weighted by atomic mass is 16.6. The largest absolute Gasteiger partial charge is 0.485 e. The molecule has 0 spiro atoms. The summed E-state index contributed by atoms with van der Waals surface area (Å²) < 4.78 is 16.4. The van der Waals surface area contributed by atoms with Gasteiger partial charge in [0.1, 0.15) is 12.4 Å². The molecule has 1 unspecified atom stereocenters. The van der Waals surface area contributed by atoms with E-state index in [1.165, 1.54) is 12.4 Å². The minimum absolute atomic E-state index is 0.107. The zero-order chi connectivity index (χ0) is 20.8. The van der Waals surface area contributed by atoms with Crippen LogP contribution in [0.2, 0.25) is 0 Å². The Balaban J connectivity index is 1.29. The van der Waals surface area contributed by atoms with Crippen LogP contribution in [0.3, 0.4) is 0 Å². The second kappa shape index (κ2) is 8.87. The van der Waals surface area contributed by atoms with Crippen LogP contribution in [0.5, 0.6) is 17.2 Å². The van der Waals surface area contributed by atoms with E-state index in [-0.39, 0.29) is 6.61 Å². The molecule has 1 aromatic heterocycles. The van der Waals surface area contributed by atoms with Crippen LogP contribution >= 0.6 is 0 Å². The maximum absolute atomic E-state index is 12.2. The third-order valence-electron chi connectivity index (χ3n) is 4.18. The van der Waals surface area contributed by atoms with E-state index in [2.05, 4.69) is 15.5 Å². The molecule has 4 rings (SSSR count).